The minimum absolute atomic E-state index is 0.416. The summed E-state index contributed by atoms with van der Waals surface area (Å²) in [5, 5.41) is 1.18. The zero-order chi connectivity index (χ0) is 18.0. The predicted octanol–water partition coefficient (Wildman–Crippen LogP) is 3.17. The third-order valence-corrected chi connectivity index (χ3v) is 5.78. The number of methoxy groups -OCH3 is 1. The lowest BCUT2D eigenvalue weighted by Crippen LogP contribution is -2.51. The van der Waals surface area contributed by atoms with Crippen LogP contribution >= 0.6 is 11.6 Å². The third kappa shape index (κ3) is 3.59. The van der Waals surface area contributed by atoms with Crippen molar-refractivity contribution >= 4 is 22.5 Å². The van der Waals surface area contributed by atoms with Crippen molar-refractivity contribution in [2.45, 2.75) is 19.3 Å². The number of nitrogens with zero attached hydrogens (tertiary/aromatic N) is 3. The lowest BCUT2D eigenvalue weighted by molar-refractivity contribution is -0.139. The van der Waals surface area contributed by atoms with Crippen LogP contribution in [0.2, 0.25) is 5.15 Å². The molecule has 6 nitrogen and oxygen atoms in total. The van der Waals surface area contributed by atoms with Crippen LogP contribution in [0.3, 0.4) is 0 Å². The number of hydrogen-bond acceptors (Lipinski definition) is 6. The lowest BCUT2D eigenvalue weighted by Gasteiger charge is -2.47. The summed E-state index contributed by atoms with van der Waals surface area (Å²) in [5.41, 5.74) is 1.25. The van der Waals surface area contributed by atoms with Gasteiger partial charge in [-0.1, -0.05) is 11.6 Å². The molecule has 2 aliphatic heterocycles. The molecule has 0 atom stereocenters. The van der Waals surface area contributed by atoms with E-state index < -0.39 is 0 Å². The minimum atomic E-state index is 0.416. The highest BCUT2D eigenvalue weighted by atomic mass is 35.5. The van der Waals surface area contributed by atoms with Crippen LogP contribution in [0, 0.1) is 5.41 Å². The van der Waals surface area contributed by atoms with Gasteiger partial charge in [0.25, 0.3) is 0 Å². The molecule has 2 fully saturated rings. The number of ether oxygens (including phenoxy) is 3. The number of hydrogen-bond donors (Lipinski definition) is 0. The normalized spacial score (nSPS) is 19.5. The maximum Gasteiger partial charge on any atom is 0.163 e. The number of rotatable bonds is 6. The van der Waals surface area contributed by atoms with Crippen LogP contribution in [-0.2, 0) is 4.74 Å². The molecule has 1 spiro atoms. The van der Waals surface area contributed by atoms with Gasteiger partial charge in [-0.2, -0.15) is 0 Å². The minimum Gasteiger partial charge on any atom is -0.493 e. The standard InChI is InChI=1S/C19H24ClN3O3/c1-24-16-9-14-15(21-13-22-18(14)20)10-17(16)26-8-2-5-23-6-3-19(4-7-23)11-25-12-19/h9-10,13H,2-8,11-12H2,1H3. The first-order chi connectivity index (χ1) is 12.7. The molecule has 0 saturated carbocycles. The van der Waals surface area contributed by atoms with E-state index in [0.717, 1.165) is 50.2 Å². The Bertz CT molecular complexity index is 772. The van der Waals surface area contributed by atoms with Crippen molar-refractivity contribution in [3.63, 3.8) is 0 Å². The summed E-state index contributed by atoms with van der Waals surface area (Å²) in [6, 6.07) is 3.70. The Morgan fingerprint density at radius 2 is 2.00 bits per heavy atom. The summed E-state index contributed by atoms with van der Waals surface area (Å²) in [7, 11) is 1.62. The molecular weight excluding hydrogens is 354 g/mol. The predicted molar refractivity (Wildman–Crippen MR) is 100 cm³/mol. The Hall–Kier alpha value is -1.63. The van der Waals surface area contributed by atoms with Crippen molar-refractivity contribution in [1.29, 1.82) is 0 Å². The van der Waals surface area contributed by atoms with Gasteiger partial charge in [0.2, 0.25) is 0 Å². The Balaban J connectivity index is 1.30. The second-order valence-electron chi connectivity index (χ2n) is 7.22. The molecule has 0 amide bonds. The molecule has 140 valence electrons. The lowest BCUT2D eigenvalue weighted by atomic mass is 9.77. The third-order valence-electron chi connectivity index (χ3n) is 5.48. The molecule has 2 aromatic rings. The largest absolute Gasteiger partial charge is 0.493 e. The monoisotopic (exact) mass is 377 g/mol. The maximum absolute atomic E-state index is 6.13. The number of halogens is 1. The Morgan fingerprint density at radius 1 is 1.19 bits per heavy atom. The summed E-state index contributed by atoms with van der Waals surface area (Å²) in [6.07, 6.45) is 4.95. The van der Waals surface area contributed by atoms with E-state index >= 15 is 0 Å². The van der Waals surface area contributed by atoms with E-state index in [9.17, 15) is 0 Å². The molecule has 1 aromatic heterocycles. The van der Waals surface area contributed by atoms with Crippen LogP contribution in [0.5, 0.6) is 11.5 Å². The zero-order valence-electron chi connectivity index (χ0n) is 15.0. The van der Waals surface area contributed by atoms with Gasteiger partial charge in [0.1, 0.15) is 11.5 Å². The fraction of sp³-hybridized carbons (Fsp3) is 0.579. The molecule has 2 saturated heterocycles. The van der Waals surface area contributed by atoms with E-state index in [4.69, 9.17) is 25.8 Å². The number of benzene rings is 1. The average Bonchev–Trinajstić information content (AvgIpc) is 2.64. The first kappa shape index (κ1) is 17.8. The molecule has 0 radical (unpaired) electrons. The van der Waals surface area contributed by atoms with Crippen molar-refractivity contribution in [1.82, 2.24) is 14.9 Å². The van der Waals surface area contributed by atoms with Crippen molar-refractivity contribution in [3.8, 4) is 11.5 Å². The van der Waals surface area contributed by atoms with Crippen LogP contribution in [0.1, 0.15) is 19.3 Å². The molecule has 0 unspecified atom stereocenters. The summed E-state index contributed by atoms with van der Waals surface area (Å²) in [6.45, 7) is 5.95. The molecule has 0 bridgehead atoms. The van der Waals surface area contributed by atoms with Gasteiger partial charge < -0.3 is 19.1 Å². The van der Waals surface area contributed by atoms with Crippen molar-refractivity contribution in [3.05, 3.63) is 23.6 Å². The van der Waals surface area contributed by atoms with Crippen LogP contribution in [0.25, 0.3) is 10.9 Å². The van der Waals surface area contributed by atoms with Crippen molar-refractivity contribution in [2.75, 3.05) is 46.6 Å². The van der Waals surface area contributed by atoms with E-state index in [1.165, 1.54) is 19.2 Å². The average molecular weight is 378 g/mol. The zero-order valence-corrected chi connectivity index (χ0v) is 15.8. The SMILES string of the molecule is COc1cc2c(Cl)ncnc2cc1OCCCN1CCC2(CC1)COC2. The fourth-order valence-electron chi connectivity index (χ4n) is 3.71. The summed E-state index contributed by atoms with van der Waals surface area (Å²) in [5.74, 6) is 1.35. The van der Waals surface area contributed by atoms with Gasteiger partial charge in [-0.3, -0.25) is 0 Å². The van der Waals surface area contributed by atoms with Crippen LogP contribution in [0.15, 0.2) is 18.5 Å². The van der Waals surface area contributed by atoms with Crippen LogP contribution < -0.4 is 9.47 Å². The number of piperidine rings is 1. The van der Waals surface area contributed by atoms with Gasteiger partial charge in [0.15, 0.2) is 11.5 Å². The summed E-state index contributed by atoms with van der Waals surface area (Å²) < 4.78 is 16.8. The van der Waals surface area contributed by atoms with Gasteiger partial charge in [0.05, 0.1) is 32.4 Å². The van der Waals surface area contributed by atoms with E-state index in [2.05, 4.69) is 14.9 Å². The molecule has 26 heavy (non-hydrogen) atoms. The van der Waals surface area contributed by atoms with Crippen LogP contribution in [0.4, 0.5) is 0 Å². The molecule has 3 heterocycles. The van der Waals surface area contributed by atoms with Gasteiger partial charge in [-0.05, 0) is 38.4 Å². The highest BCUT2D eigenvalue weighted by molar-refractivity contribution is 6.34. The van der Waals surface area contributed by atoms with Gasteiger partial charge >= 0.3 is 0 Å². The quantitative estimate of drug-likeness (QED) is 0.569. The van der Waals surface area contributed by atoms with E-state index in [1.54, 1.807) is 7.11 Å². The molecule has 2 aliphatic rings. The van der Waals surface area contributed by atoms with E-state index in [1.807, 2.05) is 12.1 Å². The molecule has 7 heteroatoms. The van der Waals surface area contributed by atoms with Gasteiger partial charge in [-0.25, -0.2) is 9.97 Å². The topological polar surface area (TPSA) is 56.7 Å². The summed E-state index contributed by atoms with van der Waals surface area (Å²) >= 11 is 6.13. The van der Waals surface area contributed by atoms with Crippen molar-refractivity contribution < 1.29 is 14.2 Å². The smallest absolute Gasteiger partial charge is 0.163 e. The van der Waals surface area contributed by atoms with Crippen molar-refractivity contribution in [2.24, 2.45) is 5.41 Å². The van der Waals surface area contributed by atoms with Crippen LogP contribution in [-0.4, -0.2) is 61.4 Å². The van der Waals surface area contributed by atoms with E-state index in [-0.39, 0.29) is 0 Å². The Morgan fingerprint density at radius 3 is 2.69 bits per heavy atom. The van der Waals surface area contributed by atoms with Gasteiger partial charge in [-0.15, -0.1) is 0 Å². The Kier molecular flexibility index (Phi) is 5.16. The molecule has 1 aromatic carbocycles. The van der Waals surface area contributed by atoms with E-state index in [0.29, 0.717) is 28.7 Å². The first-order valence-electron chi connectivity index (χ1n) is 9.10. The second-order valence-corrected chi connectivity index (χ2v) is 7.58. The number of fused-ring (bicyclic) bond motifs is 1. The highest BCUT2D eigenvalue weighted by Crippen LogP contribution is 2.38. The summed E-state index contributed by atoms with van der Waals surface area (Å²) in [4.78, 5) is 10.8. The molecule has 0 N–H and O–H groups in total. The number of likely N-dealkylation sites (tertiary alicyclic amines) is 1. The molecule has 0 aliphatic carbocycles. The fourth-order valence-corrected chi connectivity index (χ4v) is 3.90. The Labute approximate surface area is 158 Å². The second kappa shape index (κ2) is 7.55. The maximum atomic E-state index is 6.13. The molecule has 4 rings (SSSR count). The first-order valence-corrected chi connectivity index (χ1v) is 9.48. The highest BCUT2D eigenvalue weighted by Gasteiger charge is 2.40. The molecular formula is C19H24ClN3O3. The van der Waals surface area contributed by atoms with Gasteiger partial charge in [0, 0.05) is 23.4 Å². The number of aromatic nitrogens is 2.